The second-order valence-electron chi connectivity index (χ2n) is 5.16. The van der Waals surface area contributed by atoms with E-state index in [1.54, 1.807) is 26.2 Å². The normalized spacial score (nSPS) is 16.1. The van der Waals surface area contributed by atoms with E-state index in [1.165, 1.54) is 4.31 Å². The summed E-state index contributed by atoms with van der Waals surface area (Å²) < 4.78 is 25.1. The van der Waals surface area contributed by atoms with Gasteiger partial charge in [0, 0.05) is 39.8 Å². The Morgan fingerprint density at radius 2 is 1.70 bits per heavy atom. The summed E-state index contributed by atoms with van der Waals surface area (Å²) in [6.45, 7) is 2.90. The molecule has 0 radical (unpaired) electrons. The summed E-state index contributed by atoms with van der Waals surface area (Å²) in [7, 11) is 1.86. The third kappa shape index (κ3) is 3.71. The Morgan fingerprint density at radius 3 is 2.10 bits per heavy atom. The molecule has 1 saturated heterocycles. The zero-order valence-corrected chi connectivity index (χ0v) is 13.7. The number of rotatable bonds is 5. The van der Waals surface area contributed by atoms with E-state index in [0.717, 1.165) is 25.2 Å². The van der Waals surface area contributed by atoms with E-state index >= 15 is 0 Å². The molecule has 1 aliphatic rings. The fourth-order valence-corrected chi connectivity index (χ4v) is 2.88. The van der Waals surface area contributed by atoms with E-state index < -0.39 is 10.0 Å². The number of likely N-dealkylation sites (N-methyl/N-ethyl adjacent to an activating group) is 1. The SMILES string of the molecule is CN(Cc1ccc(S(=O)(=O)N(C)C)cc1)C1CNC1.Cl. The summed E-state index contributed by atoms with van der Waals surface area (Å²) in [6, 6.07) is 7.72. The highest BCUT2D eigenvalue weighted by molar-refractivity contribution is 7.89. The molecule has 1 heterocycles. The van der Waals surface area contributed by atoms with Crippen LogP contribution in [0.2, 0.25) is 0 Å². The molecule has 0 bridgehead atoms. The zero-order chi connectivity index (χ0) is 14.0. The second kappa shape index (κ2) is 6.87. The molecule has 5 nitrogen and oxygen atoms in total. The summed E-state index contributed by atoms with van der Waals surface area (Å²) in [6.07, 6.45) is 0. The lowest BCUT2D eigenvalue weighted by atomic mass is 10.1. The molecule has 0 saturated carbocycles. The van der Waals surface area contributed by atoms with E-state index in [4.69, 9.17) is 0 Å². The van der Waals surface area contributed by atoms with Gasteiger partial charge in [-0.1, -0.05) is 12.1 Å². The summed E-state index contributed by atoms with van der Waals surface area (Å²) >= 11 is 0. The van der Waals surface area contributed by atoms with Crippen LogP contribution in [0.4, 0.5) is 0 Å². The van der Waals surface area contributed by atoms with Gasteiger partial charge in [-0.15, -0.1) is 12.4 Å². The van der Waals surface area contributed by atoms with Crippen LogP contribution in [0.3, 0.4) is 0 Å². The Kier molecular flexibility index (Phi) is 5.97. The molecule has 1 aromatic rings. The molecule has 0 spiro atoms. The van der Waals surface area contributed by atoms with Crippen molar-refractivity contribution < 1.29 is 8.42 Å². The van der Waals surface area contributed by atoms with Crippen molar-refractivity contribution in [1.29, 1.82) is 0 Å². The van der Waals surface area contributed by atoms with Crippen LogP contribution in [-0.2, 0) is 16.6 Å². The van der Waals surface area contributed by atoms with Crippen LogP contribution in [0.1, 0.15) is 5.56 Å². The molecule has 1 aliphatic heterocycles. The highest BCUT2D eigenvalue weighted by Crippen LogP contribution is 2.15. The largest absolute Gasteiger partial charge is 0.314 e. The zero-order valence-electron chi connectivity index (χ0n) is 12.0. The van der Waals surface area contributed by atoms with Gasteiger partial charge in [0.15, 0.2) is 0 Å². The first-order valence-electron chi connectivity index (χ1n) is 6.33. The van der Waals surface area contributed by atoms with E-state index in [2.05, 4.69) is 17.3 Å². The van der Waals surface area contributed by atoms with Crippen molar-refractivity contribution >= 4 is 22.4 Å². The number of hydrogen-bond donors (Lipinski definition) is 1. The first kappa shape index (κ1) is 17.4. The number of benzene rings is 1. The van der Waals surface area contributed by atoms with Gasteiger partial charge in [0.1, 0.15) is 0 Å². The Bertz CT molecular complexity index is 527. The number of nitrogens with zero attached hydrogens (tertiary/aromatic N) is 2. The number of sulfonamides is 1. The summed E-state index contributed by atoms with van der Waals surface area (Å²) in [5, 5.41) is 3.24. The van der Waals surface area contributed by atoms with Crippen molar-refractivity contribution in [3.05, 3.63) is 29.8 Å². The van der Waals surface area contributed by atoms with Crippen molar-refractivity contribution in [2.75, 3.05) is 34.2 Å². The summed E-state index contributed by atoms with van der Waals surface area (Å²) in [5.41, 5.74) is 1.13. The summed E-state index contributed by atoms with van der Waals surface area (Å²) in [4.78, 5) is 2.63. The standard InChI is InChI=1S/C13H21N3O2S.ClH/c1-15(2)19(17,18)13-6-4-11(5-7-13)10-16(3)12-8-14-9-12;/h4-7,12,14H,8-10H2,1-3H3;1H. The summed E-state index contributed by atoms with van der Waals surface area (Å²) in [5.74, 6) is 0. The average Bonchev–Trinajstić information content (AvgIpc) is 2.27. The molecule has 2 rings (SSSR count). The second-order valence-corrected chi connectivity index (χ2v) is 7.31. The predicted molar refractivity (Wildman–Crippen MR) is 82.7 cm³/mol. The first-order valence-corrected chi connectivity index (χ1v) is 7.77. The van der Waals surface area contributed by atoms with Crippen LogP contribution < -0.4 is 5.32 Å². The fraction of sp³-hybridized carbons (Fsp3) is 0.538. The minimum atomic E-state index is -3.32. The highest BCUT2D eigenvalue weighted by atomic mass is 35.5. The topological polar surface area (TPSA) is 52.7 Å². The Labute approximate surface area is 127 Å². The van der Waals surface area contributed by atoms with Gasteiger partial charge in [-0.2, -0.15) is 0 Å². The molecule has 1 fully saturated rings. The third-order valence-corrected chi connectivity index (χ3v) is 5.35. The molecule has 0 amide bonds. The van der Waals surface area contributed by atoms with E-state index in [0.29, 0.717) is 10.9 Å². The molecule has 7 heteroatoms. The molecule has 0 atom stereocenters. The number of hydrogen-bond acceptors (Lipinski definition) is 4. The molecular weight excluding hydrogens is 298 g/mol. The lowest BCUT2D eigenvalue weighted by Crippen LogP contribution is -2.55. The van der Waals surface area contributed by atoms with Crippen molar-refractivity contribution in [3.8, 4) is 0 Å². The van der Waals surface area contributed by atoms with Gasteiger partial charge in [-0.05, 0) is 24.7 Å². The third-order valence-electron chi connectivity index (χ3n) is 3.52. The van der Waals surface area contributed by atoms with Gasteiger partial charge in [-0.25, -0.2) is 12.7 Å². The van der Waals surface area contributed by atoms with Gasteiger partial charge < -0.3 is 5.32 Å². The van der Waals surface area contributed by atoms with E-state index in [1.807, 2.05) is 12.1 Å². The number of nitrogens with one attached hydrogen (secondary N) is 1. The van der Waals surface area contributed by atoms with Crippen molar-refractivity contribution in [1.82, 2.24) is 14.5 Å². The van der Waals surface area contributed by atoms with Crippen LogP contribution >= 0.6 is 12.4 Å². The van der Waals surface area contributed by atoms with Gasteiger partial charge in [-0.3, -0.25) is 4.90 Å². The van der Waals surface area contributed by atoms with Crippen LogP contribution in [0, 0.1) is 0 Å². The highest BCUT2D eigenvalue weighted by Gasteiger charge is 2.21. The lowest BCUT2D eigenvalue weighted by molar-refractivity contribution is 0.173. The quantitative estimate of drug-likeness (QED) is 0.871. The van der Waals surface area contributed by atoms with Crippen LogP contribution in [-0.4, -0.2) is 57.9 Å². The minimum absolute atomic E-state index is 0. The molecule has 1 aromatic carbocycles. The smallest absolute Gasteiger partial charge is 0.242 e. The maximum Gasteiger partial charge on any atom is 0.242 e. The van der Waals surface area contributed by atoms with Crippen molar-refractivity contribution in [3.63, 3.8) is 0 Å². The Morgan fingerprint density at radius 1 is 1.15 bits per heavy atom. The maximum absolute atomic E-state index is 11.9. The van der Waals surface area contributed by atoms with Gasteiger partial charge in [0.05, 0.1) is 4.90 Å². The van der Waals surface area contributed by atoms with Crippen LogP contribution in [0.25, 0.3) is 0 Å². The fourth-order valence-electron chi connectivity index (χ4n) is 1.98. The van der Waals surface area contributed by atoms with E-state index in [9.17, 15) is 8.42 Å². The molecule has 0 unspecified atom stereocenters. The first-order chi connectivity index (χ1) is 8.91. The van der Waals surface area contributed by atoms with Gasteiger partial charge in [0.2, 0.25) is 10.0 Å². The van der Waals surface area contributed by atoms with Crippen molar-refractivity contribution in [2.45, 2.75) is 17.5 Å². The maximum atomic E-state index is 11.9. The number of halogens is 1. The molecule has 20 heavy (non-hydrogen) atoms. The predicted octanol–water partition coefficient (Wildman–Crippen LogP) is 0.762. The van der Waals surface area contributed by atoms with Crippen LogP contribution in [0.5, 0.6) is 0 Å². The minimum Gasteiger partial charge on any atom is -0.314 e. The Balaban J connectivity index is 0.00000200. The van der Waals surface area contributed by atoms with Gasteiger partial charge >= 0.3 is 0 Å². The van der Waals surface area contributed by atoms with Crippen LogP contribution in [0.15, 0.2) is 29.2 Å². The molecule has 1 N–H and O–H groups in total. The molecular formula is C13H22ClN3O2S. The Hall–Kier alpha value is -0.660. The van der Waals surface area contributed by atoms with Crippen molar-refractivity contribution in [2.24, 2.45) is 0 Å². The van der Waals surface area contributed by atoms with E-state index in [-0.39, 0.29) is 12.4 Å². The molecule has 0 aliphatic carbocycles. The molecule has 0 aromatic heterocycles. The monoisotopic (exact) mass is 319 g/mol. The van der Waals surface area contributed by atoms with Gasteiger partial charge in [0.25, 0.3) is 0 Å². The molecule has 114 valence electrons. The average molecular weight is 320 g/mol. The lowest BCUT2D eigenvalue weighted by Gasteiger charge is -2.35.